The summed E-state index contributed by atoms with van der Waals surface area (Å²) in [5.41, 5.74) is 2.27. The Morgan fingerprint density at radius 1 is 0.920 bits per heavy atom. The number of anilines is 2. The number of carbonyl (C=O) groups is 2. The Kier molecular flexibility index (Phi) is 6.91. The largest absolute Gasteiger partial charge is 0.332 e. The number of nitrogens with one attached hydrogen (secondary N) is 3. The first-order valence-electron chi connectivity index (χ1n) is 7.71. The SMILES string of the molecule is CCC(=O)Nc1ccc(NC(=S)NC(=O)Cc2ccc(Cl)cc2)cc1. The zero-order valence-electron chi connectivity index (χ0n) is 13.6. The van der Waals surface area contributed by atoms with E-state index in [9.17, 15) is 9.59 Å². The standard InChI is InChI=1S/C18H18ClN3O2S/c1-2-16(23)20-14-7-9-15(10-8-14)21-18(25)22-17(24)11-12-3-5-13(19)6-4-12/h3-10H,2,11H2,1H3,(H,20,23)(H2,21,22,24,25). The number of thiocarbonyl (C=S) groups is 1. The van der Waals surface area contributed by atoms with Crippen LogP contribution in [0.2, 0.25) is 5.02 Å². The molecule has 2 aromatic carbocycles. The maximum absolute atomic E-state index is 12.0. The van der Waals surface area contributed by atoms with Gasteiger partial charge >= 0.3 is 0 Å². The molecular weight excluding hydrogens is 358 g/mol. The monoisotopic (exact) mass is 375 g/mol. The molecule has 2 aromatic rings. The zero-order chi connectivity index (χ0) is 18.2. The average molecular weight is 376 g/mol. The van der Waals surface area contributed by atoms with Crippen molar-refractivity contribution in [1.29, 1.82) is 0 Å². The van der Waals surface area contributed by atoms with Crippen molar-refractivity contribution in [3.63, 3.8) is 0 Å². The Balaban J connectivity index is 1.83. The van der Waals surface area contributed by atoms with Gasteiger partial charge in [-0.05, 0) is 54.2 Å². The molecule has 0 aliphatic rings. The zero-order valence-corrected chi connectivity index (χ0v) is 15.2. The van der Waals surface area contributed by atoms with Gasteiger partial charge < -0.3 is 16.0 Å². The third-order valence-corrected chi connectivity index (χ3v) is 3.73. The first-order valence-corrected chi connectivity index (χ1v) is 8.50. The summed E-state index contributed by atoms with van der Waals surface area (Å²) < 4.78 is 0. The third kappa shape index (κ3) is 6.52. The van der Waals surface area contributed by atoms with Crippen LogP contribution in [0.3, 0.4) is 0 Å². The van der Waals surface area contributed by atoms with E-state index in [1.54, 1.807) is 55.5 Å². The Morgan fingerprint density at radius 2 is 1.48 bits per heavy atom. The minimum atomic E-state index is -0.216. The lowest BCUT2D eigenvalue weighted by molar-refractivity contribution is -0.119. The van der Waals surface area contributed by atoms with Crippen molar-refractivity contribution >= 4 is 52.1 Å². The molecule has 0 atom stereocenters. The maximum Gasteiger partial charge on any atom is 0.230 e. The van der Waals surface area contributed by atoms with E-state index < -0.39 is 0 Å². The van der Waals surface area contributed by atoms with Gasteiger partial charge in [0.15, 0.2) is 5.11 Å². The molecule has 0 fully saturated rings. The van der Waals surface area contributed by atoms with Crippen LogP contribution in [0.25, 0.3) is 0 Å². The first kappa shape index (κ1) is 18.9. The van der Waals surface area contributed by atoms with Crippen molar-refractivity contribution in [1.82, 2.24) is 5.32 Å². The second-order valence-corrected chi connectivity index (χ2v) is 6.13. The van der Waals surface area contributed by atoms with Crippen molar-refractivity contribution in [3.05, 3.63) is 59.1 Å². The maximum atomic E-state index is 12.0. The van der Waals surface area contributed by atoms with Crippen LogP contribution >= 0.6 is 23.8 Å². The molecule has 25 heavy (non-hydrogen) atoms. The summed E-state index contributed by atoms with van der Waals surface area (Å²) in [6.07, 6.45) is 0.630. The molecule has 2 amide bonds. The van der Waals surface area contributed by atoms with Crippen molar-refractivity contribution in [2.24, 2.45) is 0 Å². The Labute approximate surface area is 156 Å². The van der Waals surface area contributed by atoms with Gasteiger partial charge in [0.25, 0.3) is 0 Å². The summed E-state index contributed by atoms with van der Waals surface area (Å²) in [7, 11) is 0. The molecule has 0 radical (unpaired) electrons. The van der Waals surface area contributed by atoms with Crippen LogP contribution in [0.5, 0.6) is 0 Å². The fraction of sp³-hybridized carbons (Fsp3) is 0.167. The molecule has 0 bridgehead atoms. The molecule has 0 aliphatic carbocycles. The highest BCUT2D eigenvalue weighted by Crippen LogP contribution is 2.14. The quantitative estimate of drug-likeness (QED) is 0.696. The molecule has 0 aliphatic heterocycles. The molecule has 0 aromatic heterocycles. The molecule has 0 unspecified atom stereocenters. The molecule has 5 nitrogen and oxygen atoms in total. The number of carbonyl (C=O) groups excluding carboxylic acids is 2. The number of amides is 2. The highest BCUT2D eigenvalue weighted by Gasteiger charge is 2.07. The van der Waals surface area contributed by atoms with Crippen molar-refractivity contribution in [2.45, 2.75) is 19.8 Å². The number of halogens is 1. The molecule has 0 heterocycles. The Hall–Kier alpha value is -2.44. The summed E-state index contributed by atoms with van der Waals surface area (Å²) in [5, 5.41) is 9.15. The summed E-state index contributed by atoms with van der Waals surface area (Å²) in [5.74, 6) is -0.266. The summed E-state index contributed by atoms with van der Waals surface area (Å²) >= 11 is 11.0. The molecule has 0 saturated carbocycles. The van der Waals surface area contributed by atoms with E-state index in [1.807, 2.05) is 0 Å². The van der Waals surface area contributed by atoms with E-state index in [1.165, 1.54) is 0 Å². The Morgan fingerprint density at radius 3 is 2.04 bits per heavy atom. The number of rotatable bonds is 5. The van der Waals surface area contributed by atoms with Crippen LogP contribution < -0.4 is 16.0 Å². The van der Waals surface area contributed by atoms with Crippen LogP contribution in [-0.4, -0.2) is 16.9 Å². The highest BCUT2D eigenvalue weighted by atomic mass is 35.5. The van der Waals surface area contributed by atoms with Gasteiger partial charge in [0, 0.05) is 22.8 Å². The lowest BCUT2D eigenvalue weighted by atomic mass is 10.1. The van der Waals surface area contributed by atoms with Crippen LogP contribution in [-0.2, 0) is 16.0 Å². The van der Waals surface area contributed by atoms with Gasteiger partial charge in [0.1, 0.15) is 0 Å². The number of hydrogen-bond acceptors (Lipinski definition) is 3. The van der Waals surface area contributed by atoms with Gasteiger partial charge in [-0.3, -0.25) is 9.59 Å². The predicted octanol–water partition coefficient (Wildman–Crippen LogP) is 3.74. The molecule has 130 valence electrons. The first-order chi connectivity index (χ1) is 12.0. The van der Waals surface area contributed by atoms with Crippen molar-refractivity contribution in [3.8, 4) is 0 Å². The molecule has 3 N–H and O–H groups in total. The predicted molar refractivity (Wildman–Crippen MR) is 105 cm³/mol. The number of hydrogen-bond donors (Lipinski definition) is 3. The van der Waals surface area contributed by atoms with E-state index in [-0.39, 0.29) is 23.3 Å². The van der Waals surface area contributed by atoms with E-state index >= 15 is 0 Å². The normalized spacial score (nSPS) is 10.0. The van der Waals surface area contributed by atoms with Gasteiger partial charge in [0.05, 0.1) is 6.42 Å². The smallest absolute Gasteiger partial charge is 0.230 e. The minimum absolute atomic E-state index is 0.0503. The van der Waals surface area contributed by atoms with Gasteiger partial charge in [-0.15, -0.1) is 0 Å². The van der Waals surface area contributed by atoms with E-state index in [2.05, 4.69) is 16.0 Å². The molecule has 0 saturated heterocycles. The Bertz CT molecular complexity index is 761. The minimum Gasteiger partial charge on any atom is -0.332 e. The topological polar surface area (TPSA) is 70.2 Å². The second kappa shape index (κ2) is 9.15. The molecule has 7 heteroatoms. The molecule has 0 spiro atoms. The van der Waals surface area contributed by atoms with Crippen LogP contribution in [0.1, 0.15) is 18.9 Å². The van der Waals surface area contributed by atoms with E-state index in [0.717, 1.165) is 5.56 Å². The lowest BCUT2D eigenvalue weighted by Crippen LogP contribution is -2.35. The van der Waals surface area contributed by atoms with Crippen LogP contribution in [0.15, 0.2) is 48.5 Å². The van der Waals surface area contributed by atoms with Gasteiger partial charge in [0.2, 0.25) is 11.8 Å². The summed E-state index contributed by atoms with van der Waals surface area (Å²) in [6, 6.07) is 14.1. The van der Waals surface area contributed by atoms with E-state index in [0.29, 0.717) is 22.8 Å². The average Bonchev–Trinajstić information content (AvgIpc) is 2.58. The van der Waals surface area contributed by atoms with Crippen LogP contribution in [0.4, 0.5) is 11.4 Å². The fourth-order valence-electron chi connectivity index (χ4n) is 2.01. The van der Waals surface area contributed by atoms with Crippen molar-refractivity contribution < 1.29 is 9.59 Å². The lowest BCUT2D eigenvalue weighted by Gasteiger charge is -2.10. The van der Waals surface area contributed by atoms with Gasteiger partial charge in [-0.1, -0.05) is 30.7 Å². The summed E-state index contributed by atoms with van der Waals surface area (Å²) in [4.78, 5) is 23.3. The van der Waals surface area contributed by atoms with Gasteiger partial charge in [-0.2, -0.15) is 0 Å². The fourth-order valence-corrected chi connectivity index (χ4v) is 2.36. The van der Waals surface area contributed by atoms with Crippen LogP contribution in [0, 0.1) is 0 Å². The second-order valence-electron chi connectivity index (χ2n) is 5.28. The summed E-state index contributed by atoms with van der Waals surface area (Å²) in [6.45, 7) is 1.79. The molecule has 2 rings (SSSR count). The van der Waals surface area contributed by atoms with Crippen molar-refractivity contribution in [2.75, 3.05) is 10.6 Å². The number of benzene rings is 2. The third-order valence-electron chi connectivity index (χ3n) is 3.28. The highest BCUT2D eigenvalue weighted by molar-refractivity contribution is 7.80. The van der Waals surface area contributed by atoms with Gasteiger partial charge in [-0.25, -0.2) is 0 Å². The van der Waals surface area contributed by atoms with E-state index in [4.69, 9.17) is 23.8 Å². The molecular formula is C18H18ClN3O2S.